The summed E-state index contributed by atoms with van der Waals surface area (Å²) in [5, 5.41) is 1.77. The van der Waals surface area contributed by atoms with Gasteiger partial charge in [0.15, 0.2) is 0 Å². The normalized spacial score (nSPS) is 17.4. The van der Waals surface area contributed by atoms with E-state index in [1.807, 2.05) is 42.5 Å². The average molecular weight is 410 g/mol. The topological polar surface area (TPSA) is 59.0 Å². The number of nitrogens with zero attached hydrogens (tertiary/aromatic N) is 2. The first-order valence-electron chi connectivity index (χ1n) is 10.6. The summed E-state index contributed by atoms with van der Waals surface area (Å²) >= 11 is 0. The molecular formula is C26H22N2O3. The van der Waals surface area contributed by atoms with Crippen LogP contribution in [0.1, 0.15) is 41.6 Å². The van der Waals surface area contributed by atoms with Crippen LogP contribution in [0.15, 0.2) is 77.4 Å². The van der Waals surface area contributed by atoms with E-state index in [9.17, 15) is 9.59 Å². The van der Waals surface area contributed by atoms with Crippen LogP contribution < -0.4 is 4.74 Å². The van der Waals surface area contributed by atoms with Crippen molar-refractivity contribution in [3.8, 4) is 5.75 Å². The molecule has 5 rings (SSSR count). The number of amidine groups is 1. The molecule has 0 saturated carbocycles. The maximum Gasteiger partial charge on any atom is 0.343 e. The zero-order valence-electron chi connectivity index (χ0n) is 17.1. The molecule has 0 N–H and O–H groups in total. The zero-order valence-corrected chi connectivity index (χ0v) is 17.1. The van der Waals surface area contributed by atoms with Crippen molar-refractivity contribution < 1.29 is 14.3 Å². The molecule has 154 valence electrons. The number of carbonyl (C=O) groups is 2. The number of hydrogen-bond donors (Lipinski definition) is 0. The molecule has 0 aliphatic carbocycles. The van der Waals surface area contributed by atoms with Gasteiger partial charge in [0, 0.05) is 23.9 Å². The fraction of sp³-hybridized carbons (Fsp3) is 0.192. The third kappa shape index (κ3) is 3.75. The van der Waals surface area contributed by atoms with Crippen molar-refractivity contribution in [1.82, 2.24) is 4.90 Å². The van der Waals surface area contributed by atoms with Gasteiger partial charge in [-0.2, -0.15) is 0 Å². The van der Waals surface area contributed by atoms with E-state index in [4.69, 9.17) is 4.74 Å². The number of carbonyl (C=O) groups excluding carboxylic acids is 2. The van der Waals surface area contributed by atoms with Crippen LogP contribution in [0, 0.1) is 0 Å². The molecule has 1 saturated heterocycles. The highest BCUT2D eigenvalue weighted by atomic mass is 16.5. The smallest absolute Gasteiger partial charge is 0.343 e. The summed E-state index contributed by atoms with van der Waals surface area (Å²) in [5.41, 5.74) is 1.53. The van der Waals surface area contributed by atoms with Crippen LogP contribution in [-0.4, -0.2) is 29.2 Å². The van der Waals surface area contributed by atoms with Crippen LogP contribution in [0.5, 0.6) is 5.75 Å². The van der Waals surface area contributed by atoms with Crippen LogP contribution in [-0.2, 0) is 4.79 Å². The molecule has 3 aromatic rings. The van der Waals surface area contributed by atoms with Crippen LogP contribution in [0.2, 0.25) is 0 Å². The molecule has 1 amide bonds. The van der Waals surface area contributed by atoms with Gasteiger partial charge in [-0.15, -0.1) is 0 Å². The number of benzene rings is 3. The first-order valence-corrected chi connectivity index (χ1v) is 10.6. The second-order valence-corrected chi connectivity index (χ2v) is 7.79. The average Bonchev–Trinajstić information content (AvgIpc) is 2.96. The Morgan fingerprint density at radius 1 is 0.935 bits per heavy atom. The standard InChI is InChI=1S/C26H22N2O3/c29-25-22(27-23-13-5-2-8-16-28(23)25)17-20-15-14-18-9-6-7-12-21(18)24(20)31-26(30)19-10-3-1-4-11-19/h1,3-4,6-7,9-12,14-15,17H,2,5,8,13,16H2/b22-17+. The van der Waals surface area contributed by atoms with Crippen LogP contribution in [0.3, 0.4) is 0 Å². The summed E-state index contributed by atoms with van der Waals surface area (Å²) < 4.78 is 5.87. The number of esters is 1. The Morgan fingerprint density at radius 3 is 2.61 bits per heavy atom. The first-order chi connectivity index (χ1) is 15.2. The maximum absolute atomic E-state index is 13.0. The highest BCUT2D eigenvalue weighted by molar-refractivity contribution is 6.14. The van der Waals surface area contributed by atoms with Crippen molar-refractivity contribution >= 4 is 34.6 Å². The van der Waals surface area contributed by atoms with Gasteiger partial charge in [-0.05, 0) is 36.4 Å². The van der Waals surface area contributed by atoms with Crippen molar-refractivity contribution in [3.63, 3.8) is 0 Å². The van der Waals surface area contributed by atoms with Gasteiger partial charge in [-0.1, -0.05) is 61.0 Å². The quantitative estimate of drug-likeness (QED) is 0.338. The molecular weight excluding hydrogens is 388 g/mol. The Bertz CT molecular complexity index is 1230. The Balaban J connectivity index is 1.58. The molecule has 1 fully saturated rings. The minimum absolute atomic E-state index is 0.0783. The van der Waals surface area contributed by atoms with E-state index in [2.05, 4.69) is 4.99 Å². The van der Waals surface area contributed by atoms with Crippen LogP contribution >= 0.6 is 0 Å². The second kappa shape index (κ2) is 8.19. The van der Waals surface area contributed by atoms with Crippen molar-refractivity contribution in [1.29, 1.82) is 0 Å². The summed E-state index contributed by atoms with van der Waals surface area (Å²) in [7, 11) is 0. The third-order valence-corrected chi connectivity index (χ3v) is 5.71. The molecule has 0 atom stereocenters. The number of ether oxygens (including phenoxy) is 1. The van der Waals surface area contributed by atoms with Gasteiger partial charge in [0.1, 0.15) is 17.3 Å². The number of aliphatic imine (C=N–C) groups is 1. The van der Waals surface area contributed by atoms with Crippen molar-refractivity contribution in [2.75, 3.05) is 6.54 Å². The van der Waals surface area contributed by atoms with Crippen molar-refractivity contribution in [2.45, 2.75) is 25.7 Å². The highest BCUT2D eigenvalue weighted by Gasteiger charge is 2.31. The molecule has 3 aromatic carbocycles. The fourth-order valence-electron chi connectivity index (χ4n) is 4.11. The number of rotatable bonds is 3. The van der Waals surface area contributed by atoms with E-state index in [0.29, 0.717) is 29.1 Å². The zero-order chi connectivity index (χ0) is 21.2. The summed E-state index contributed by atoms with van der Waals surface area (Å²) in [4.78, 5) is 32.2. The highest BCUT2D eigenvalue weighted by Crippen LogP contribution is 2.34. The van der Waals surface area contributed by atoms with Crippen LogP contribution in [0.25, 0.3) is 16.8 Å². The van der Waals surface area contributed by atoms with Gasteiger partial charge in [0.05, 0.1) is 5.56 Å². The molecule has 2 heterocycles. The molecule has 0 bridgehead atoms. The van der Waals surface area contributed by atoms with Gasteiger partial charge in [0.25, 0.3) is 5.91 Å². The molecule has 0 unspecified atom stereocenters. The van der Waals surface area contributed by atoms with E-state index in [1.54, 1.807) is 35.2 Å². The minimum Gasteiger partial charge on any atom is -0.422 e. The fourth-order valence-corrected chi connectivity index (χ4v) is 4.11. The third-order valence-electron chi connectivity index (χ3n) is 5.71. The first kappa shape index (κ1) is 19.2. The predicted octanol–water partition coefficient (Wildman–Crippen LogP) is 5.21. The molecule has 5 nitrogen and oxygen atoms in total. The Labute approximate surface area is 180 Å². The Hall–Kier alpha value is -3.73. The SMILES string of the molecule is O=C(Oc1c(/C=C2/N=C3CCCCCN3C2=O)ccc2ccccc12)c1ccccc1. The van der Waals surface area contributed by atoms with E-state index in [1.165, 1.54) is 0 Å². The monoisotopic (exact) mass is 410 g/mol. The molecule has 0 spiro atoms. The van der Waals surface area contributed by atoms with Gasteiger partial charge in [-0.25, -0.2) is 9.79 Å². The van der Waals surface area contributed by atoms with Gasteiger partial charge >= 0.3 is 5.97 Å². The lowest BCUT2D eigenvalue weighted by atomic mass is 10.0. The number of hydrogen-bond acceptors (Lipinski definition) is 4. The molecule has 31 heavy (non-hydrogen) atoms. The van der Waals surface area contributed by atoms with E-state index in [-0.39, 0.29) is 5.91 Å². The van der Waals surface area contributed by atoms with E-state index in [0.717, 1.165) is 42.3 Å². The Morgan fingerprint density at radius 2 is 1.74 bits per heavy atom. The number of fused-ring (bicyclic) bond motifs is 2. The molecule has 2 aliphatic heterocycles. The Kier molecular flexibility index (Phi) is 5.08. The van der Waals surface area contributed by atoms with Crippen LogP contribution in [0.4, 0.5) is 0 Å². The predicted molar refractivity (Wildman–Crippen MR) is 121 cm³/mol. The molecule has 0 aromatic heterocycles. The molecule has 5 heteroatoms. The lowest BCUT2D eigenvalue weighted by Crippen LogP contribution is -2.31. The summed E-state index contributed by atoms with van der Waals surface area (Å²) in [5.74, 6) is 0.770. The van der Waals surface area contributed by atoms with Crippen molar-refractivity contribution in [2.24, 2.45) is 4.99 Å². The van der Waals surface area contributed by atoms with Gasteiger partial charge < -0.3 is 4.74 Å². The molecule has 0 radical (unpaired) electrons. The van der Waals surface area contributed by atoms with Crippen molar-refractivity contribution in [3.05, 3.63) is 83.6 Å². The molecule has 2 aliphatic rings. The largest absolute Gasteiger partial charge is 0.422 e. The van der Waals surface area contributed by atoms with E-state index >= 15 is 0 Å². The lowest BCUT2D eigenvalue weighted by Gasteiger charge is -2.14. The van der Waals surface area contributed by atoms with E-state index < -0.39 is 5.97 Å². The van der Waals surface area contributed by atoms with Gasteiger partial charge in [-0.3, -0.25) is 9.69 Å². The minimum atomic E-state index is -0.436. The number of amides is 1. The summed E-state index contributed by atoms with van der Waals surface area (Å²) in [6.07, 6.45) is 5.71. The lowest BCUT2D eigenvalue weighted by molar-refractivity contribution is -0.122. The maximum atomic E-state index is 13.0. The second-order valence-electron chi connectivity index (χ2n) is 7.79. The summed E-state index contributed by atoms with van der Waals surface area (Å²) in [6, 6.07) is 20.5. The summed E-state index contributed by atoms with van der Waals surface area (Å²) in [6.45, 7) is 0.711. The van der Waals surface area contributed by atoms with Gasteiger partial charge in [0.2, 0.25) is 0 Å².